The smallest absolute Gasteiger partial charge is 0.257 e. The first-order valence-corrected chi connectivity index (χ1v) is 10.1. The van der Waals surface area contributed by atoms with E-state index in [1.54, 1.807) is 18.2 Å². The van der Waals surface area contributed by atoms with Crippen molar-refractivity contribution in [2.75, 3.05) is 0 Å². The Labute approximate surface area is 171 Å². The van der Waals surface area contributed by atoms with Gasteiger partial charge < -0.3 is 9.88 Å². The molecular weight excluding hydrogens is 387 g/mol. The molecule has 0 spiro atoms. The number of aryl methyl sites for hydroxylation is 1. The molecule has 4 rings (SSSR count). The first kappa shape index (κ1) is 19.1. The number of fused-ring (bicyclic) bond motifs is 1. The predicted octanol–water partition coefficient (Wildman–Crippen LogP) is 4.88. The maximum Gasteiger partial charge on any atom is 0.257 e. The van der Waals surface area contributed by atoms with Gasteiger partial charge in [0.25, 0.3) is 11.5 Å². The maximum atomic E-state index is 14.2. The van der Waals surface area contributed by atoms with Crippen molar-refractivity contribution in [3.8, 4) is 0 Å². The van der Waals surface area contributed by atoms with Gasteiger partial charge in [0.05, 0.1) is 18.7 Å². The molecule has 0 fully saturated rings. The number of amides is 1. The van der Waals surface area contributed by atoms with Gasteiger partial charge in [-0.2, -0.15) is 0 Å². The lowest BCUT2D eigenvalue weighted by molar-refractivity contribution is 0.0726. The molecule has 1 N–H and O–H groups in total. The number of H-pyrrole nitrogens is 1. The van der Waals surface area contributed by atoms with E-state index < -0.39 is 11.7 Å². The molecule has 0 atom stereocenters. The number of aromatic nitrogens is 1. The minimum atomic E-state index is -0.572. The number of nitrogens with one attached hydrogen (secondary N) is 1. The highest BCUT2D eigenvalue weighted by Gasteiger charge is 2.21. The van der Waals surface area contributed by atoms with Crippen LogP contribution in [0, 0.1) is 12.7 Å². The Balaban J connectivity index is 1.73. The van der Waals surface area contributed by atoms with Gasteiger partial charge >= 0.3 is 0 Å². The molecule has 6 heteroatoms. The summed E-state index contributed by atoms with van der Waals surface area (Å²) in [5.41, 5.74) is 2.03. The van der Waals surface area contributed by atoms with E-state index in [0.717, 1.165) is 21.3 Å². The zero-order valence-electron chi connectivity index (χ0n) is 15.8. The van der Waals surface area contributed by atoms with E-state index >= 15 is 0 Å². The van der Waals surface area contributed by atoms with E-state index in [0.29, 0.717) is 12.1 Å². The summed E-state index contributed by atoms with van der Waals surface area (Å²) >= 11 is 1.51. The third-order valence-electron chi connectivity index (χ3n) is 4.76. The van der Waals surface area contributed by atoms with Crippen LogP contribution in [-0.2, 0) is 13.1 Å². The molecular formula is C23H19FN2O2S. The van der Waals surface area contributed by atoms with E-state index in [2.05, 4.69) is 4.98 Å². The van der Waals surface area contributed by atoms with Gasteiger partial charge in [0.15, 0.2) is 0 Å². The summed E-state index contributed by atoms with van der Waals surface area (Å²) in [5.74, 6) is -1.02. The molecule has 4 aromatic rings. The van der Waals surface area contributed by atoms with Crippen LogP contribution in [-0.4, -0.2) is 15.8 Å². The number of hydrogen-bond donors (Lipinski definition) is 1. The fourth-order valence-electron chi connectivity index (χ4n) is 3.29. The zero-order chi connectivity index (χ0) is 20.4. The Hall–Kier alpha value is -3.25. The van der Waals surface area contributed by atoms with E-state index in [1.807, 2.05) is 42.6 Å². The van der Waals surface area contributed by atoms with Gasteiger partial charge in [0.2, 0.25) is 0 Å². The van der Waals surface area contributed by atoms with Crippen LogP contribution in [0.25, 0.3) is 10.9 Å². The van der Waals surface area contributed by atoms with Crippen LogP contribution in [0.5, 0.6) is 0 Å². The Morgan fingerprint density at radius 2 is 1.90 bits per heavy atom. The van der Waals surface area contributed by atoms with Crippen LogP contribution >= 0.6 is 11.3 Å². The first-order chi connectivity index (χ1) is 14.0. The largest absolute Gasteiger partial charge is 0.329 e. The Morgan fingerprint density at radius 3 is 2.66 bits per heavy atom. The number of hydrogen-bond acceptors (Lipinski definition) is 3. The third-order valence-corrected chi connectivity index (χ3v) is 5.62. The minimum Gasteiger partial charge on any atom is -0.329 e. The fraction of sp³-hybridized carbons (Fsp3) is 0.130. The molecule has 0 unspecified atom stereocenters. The number of benzene rings is 2. The molecule has 0 saturated carbocycles. The summed E-state index contributed by atoms with van der Waals surface area (Å²) in [6, 6.07) is 17.3. The Bertz CT molecular complexity index is 1230. The number of halogens is 1. The summed E-state index contributed by atoms with van der Waals surface area (Å²) in [5, 5.41) is 2.82. The number of thiophene rings is 1. The van der Waals surface area contributed by atoms with Crippen molar-refractivity contribution < 1.29 is 9.18 Å². The minimum absolute atomic E-state index is 0.00267. The van der Waals surface area contributed by atoms with Crippen molar-refractivity contribution >= 4 is 28.1 Å². The average Bonchev–Trinajstić information content (AvgIpc) is 3.21. The molecule has 29 heavy (non-hydrogen) atoms. The third kappa shape index (κ3) is 4.12. The van der Waals surface area contributed by atoms with Gasteiger partial charge in [-0.25, -0.2) is 4.39 Å². The van der Waals surface area contributed by atoms with Gasteiger partial charge in [-0.3, -0.25) is 9.59 Å². The second-order valence-electron chi connectivity index (χ2n) is 6.93. The molecule has 146 valence electrons. The number of carbonyl (C=O) groups excluding carboxylic acids is 1. The fourth-order valence-corrected chi connectivity index (χ4v) is 4.01. The van der Waals surface area contributed by atoms with Gasteiger partial charge in [-0.15, -0.1) is 11.3 Å². The summed E-state index contributed by atoms with van der Waals surface area (Å²) < 4.78 is 14.2. The molecule has 2 aromatic heterocycles. The van der Waals surface area contributed by atoms with Crippen molar-refractivity contribution in [2.45, 2.75) is 20.0 Å². The summed E-state index contributed by atoms with van der Waals surface area (Å²) in [4.78, 5) is 31.1. The van der Waals surface area contributed by atoms with Crippen LogP contribution in [0.15, 0.2) is 70.8 Å². The number of pyridine rings is 1. The SMILES string of the molecule is Cc1ccc2[nH]c(=O)c(CN(Cc3cccs3)C(=O)c3ccccc3F)cc2c1. The molecule has 0 aliphatic carbocycles. The molecule has 2 aromatic carbocycles. The highest BCUT2D eigenvalue weighted by atomic mass is 32.1. The first-order valence-electron chi connectivity index (χ1n) is 9.20. The van der Waals surface area contributed by atoms with Gasteiger partial charge in [0, 0.05) is 16.0 Å². The molecule has 2 heterocycles. The van der Waals surface area contributed by atoms with Gasteiger partial charge in [0.1, 0.15) is 5.82 Å². The van der Waals surface area contributed by atoms with Gasteiger partial charge in [-0.1, -0.05) is 29.8 Å². The summed E-state index contributed by atoms with van der Waals surface area (Å²) in [7, 11) is 0. The Kier molecular flexibility index (Phi) is 5.27. The van der Waals surface area contributed by atoms with E-state index in [-0.39, 0.29) is 17.7 Å². The molecule has 0 radical (unpaired) electrons. The number of carbonyl (C=O) groups is 1. The maximum absolute atomic E-state index is 14.2. The predicted molar refractivity (Wildman–Crippen MR) is 114 cm³/mol. The van der Waals surface area contributed by atoms with Crippen molar-refractivity contribution in [3.05, 3.63) is 104 Å². The topological polar surface area (TPSA) is 53.2 Å². The lowest BCUT2D eigenvalue weighted by Gasteiger charge is -2.22. The monoisotopic (exact) mass is 406 g/mol. The number of aromatic amines is 1. The lowest BCUT2D eigenvalue weighted by atomic mass is 10.1. The quantitative estimate of drug-likeness (QED) is 0.514. The molecule has 4 nitrogen and oxygen atoms in total. The molecule has 0 aliphatic rings. The van der Waals surface area contributed by atoms with Crippen LogP contribution in [0.4, 0.5) is 4.39 Å². The number of rotatable bonds is 5. The standard InChI is InChI=1S/C23H19FN2O2S/c1-15-8-9-21-16(11-15)12-17(22(27)25-21)13-26(14-18-5-4-10-29-18)23(28)19-6-2-3-7-20(19)24/h2-12H,13-14H2,1H3,(H,25,27). The lowest BCUT2D eigenvalue weighted by Crippen LogP contribution is -2.32. The average molecular weight is 406 g/mol. The van der Waals surface area contributed by atoms with Crippen LogP contribution < -0.4 is 5.56 Å². The Morgan fingerprint density at radius 1 is 1.07 bits per heavy atom. The van der Waals surface area contributed by atoms with Crippen LogP contribution in [0.2, 0.25) is 0 Å². The summed E-state index contributed by atoms with van der Waals surface area (Å²) in [6.07, 6.45) is 0. The summed E-state index contributed by atoms with van der Waals surface area (Å²) in [6.45, 7) is 2.37. The normalized spacial score (nSPS) is 11.0. The van der Waals surface area contributed by atoms with E-state index in [9.17, 15) is 14.0 Å². The molecule has 1 amide bonds. The van der Waals surface area contributed by atoms with Crippen molar-refractivity contribution in [3.63, 3.8) is 0 Å². The number of nitrogens with zero attached hydrogens (tertiary/aromatic N) is 1. The van der Waals surface area contributed by atoms with Crippen molar-refractivity contribution in [2.24, 2.45) is 0 Å². The second-order valence-corrected chi connectivity index (χ2v) is 7.97. The second kappa shape index (κ2) is 8.01. The van der Waals surface area contributed by atoms with Gasteiger partial charge in [-0.05, 0) is 54.1 Å². The molecule has 0 saturated heterocycles. The van der Waals surface area contributed by atoms with Crippen molar-refractivity contribution in [1.82, 2.24) is 9.88 Å². The molecule has 0 bridgehead atoms. The van der Waals surface area contributed by atoms with Crippen LogP contribution in [0.1, 0.15) is 26.4 Å². The van der Waals surface area contributed by atoms with E-state index in [1.165, 1.54) is 28.4 Å². The zero-order valence-corrected chi connectivity index (χ0v) is 16.6. The highest BCUT2D eigenvalue weighted by Crippen LogP contribution is 2.19. The van der Waals surface area contributed by atoms with Crippen LogP contribution in [0.3, 0.4) is 0 Å². The highest BCUT2D eigenvalue weighted by molar-refractivity contribution is 7.09. The van der Waals surface area contributed by atoms with E-state index in [4.69, 9.17) is 0 Å². The van der Waals surface area contributed by atoms with Crippen molar-refractivity contribution in [1.29, 1.82) is 0 Å². The molecule has 0 aliphatic heterocycles.